The van der Waals surface area contributed by atoms with E-state index in [0.717, 1.165) is 42.9 Å². The zero-order valence-corrected chi connectivity index (χ0v) is 20.9. The number of nitrogens with one attached hydrogen (secondary N) is 1. The number of rotatable bonds is 6. The molecule has 0 radical (unpaired) electrons. The number of methoxy groups -OCH3 is 2. The maximum absolute atomic E-state index is 13.2. The van der Waals surface area contributed by atoms with Crippen LogP contribution >= 0.6 is 31.9 Å². The van der Waals surface area contributed by atoms with Gasteiger partial charge in [0.15, 0.2) is 0 Å². The van der Waals surface area contributed by atoms with Gasteiger partial charge in [0.1, 0.15) is 5.75 Å². The number of ether oxygens (including phenoxy) is 2. The molecule has 9 heteroatoms. The van der Waals surface area contributed by atoms with Crippen molar-refractivity contribution >= 4 is 55.1 Å². The molecule has 0 spiro atoms. The van der Waals surface area contributed by atoms with Crippen LogP contribution < -0.4 is 15.0 Å². The highest BCUT2D eigenvalue weighted by atomic mass is 79.9. The number of hydrogen-bond acceptors (Lipinski definition) is 6. The summed E-state index contributed by atoms with van der Waals surface area (Å²) in [6.45, 7) is 6.70. The molecule has 1 N–H and O–H groups in total. The van der Waals surface area contributed by atoms with Crippen LogP contribution in [-0.2, 0) is 4.74 Å². The molecule has 7 nitrogen and oxygen atoms in total. The second-order valence-corrected chi connectivity index (χ2v) is 8.84. The Hall–Kier alpha value is -2.10. The number of amides is 1. The van der Waals surface area contributed by atoms with E-state index < -0.39 is 5.97 Å². The van der Waals surface area contributed by atoms with Gasteiger partial charge in [0.05, 0.1) is 41.2 Å². The second kappa shape index (κ2) is 10.5. The van der Waals surface area contributed by atoms with Gasteiger partial charge in [-0.15, -0.1) is 0 Å². The highest BCUT2D eigenvalue weighted by Gasteiger charge is 2.23. The van der Waals surface area contributed by atoms with Crippen molar-refractivity contribution in [3.05, 3.63) is 50.4 Å². The van der Waals surface area contributed by atoms with E-state index in [4.69, 9.17) is 9.47 Å². The molecule has 1 aliphatic heterocycles. The molecule has 0 atom stereocenters. The van der Waals surface area contributed by atoms with Crippen molar-refractivity contribution in [3.8, 4) is 5.75 Å². The third-order valence-corrected chi connectivity index (χ3v) is 6.33. The van der Waals surface area contributed by atoms with Gasteiger partial charge in [-0.25, -0.2) is 4.79 Å². The zero-order chi connectivity index (χ0) is 22.5. The van der Waals surface area contributed by atoms with Crippen LogP contribution in [0, 0.1) is 0 Å². The van der Waals surface area contributed by atoms with E-state index in [1.54, 1.807) is 18.2 Å². The van der Waals surface area contributed by atoms with Gasteiger partial charge in [0.25, 0.3) is 5.91 Å². The number of carbonyl (C=O) groups excluding carboxylic acids is 2. The number of carbonyl (C=O) groups is 2. The molecule has 1 saturated heterocycles. The largest absolute Gasteiger partial charge is 0.495 e. The average molecular weight is 555 g/mol. The van der Waals surface area contributed by atoms with Gasteiger partial charge in [-0.1, -0.05) is 22.9 Å². The first-order valence-corrected chi connectivity index (χ1v) is 11.5. The predicted molar refractivity (Wildman–Crippen MR) is 128 cm³/mol. The summed E-state index contributed by atoms with van der Waals surface area (Å²) < 4.78 is 11.7. The molecule has 31 heavy (non-hydrogen) atoms. The fourth-order valence-corrected chi connectivity index (χ4v) is 4.97. The fourth-order valence-electron chi connectivity index (χ4n) is 3.59. The molecule has 1 fully saturated rings. The van der Waals surface area contributed by atoms with Crippen LogP contribution in [0.3, 0.4) is 0 Å². The Bertz CT molecular complexity index is 975. The van der Waals surface area contributed by atoms with E-state index in [1.165, 1.54) is 14.2 Å². The molecule has 166 valence electrons. The molecule has 1 heterocycles. The van der Waals surface area contributed by atoms with E-state index >= 15 is 0 Å². The summed E-state index contributed by atoms with van der Waals surface area (Å²) in [6, 6.07) is 8.75. The Morgan fingerprint density at radius 1 is 1.06 bits per heavy atom. The van der Waals surface area contributed by atoms with Crippen LogP contribution in [0.15, 0.2) is 39.3 Å². The maximum atomic E-state index is 13.2. The third kappa shape index (κ3) is 5.39. The standard InChI is InChI=1S/C22H25Br2N3O4/c1-4-26-7-9-27(10-8-26)19-6-5-14(22(29)31-3)11-18(19)25-21(28)16-12-15(23)13-17(24)20(16)30-2/h5-6,11-13H,4,7-10H2,1-3H3,(H,25,28). The lowest BCUT2D eigenvalue weighted by Gasteiger charge is -2.36. The maximum Gasteiger partial charge on any atom is 0.337 e. The van der Waals surface area contributed by atoms with E-state index in [2.05, 4.69) is 53.9 Å². The van der Waals surface area contributed by atoms with Crippen molar-refractivity contribution in [2.24, 2.45) is 0 Å². The first-order chi connectivity index (χ1) is 14.9. The topological polar surface area (TPSA) is 71.1 Å². The average Bonchev–Trinajstić information content (AvgIpc) is 2.78. The Morgan fingerprint density at radius 3 is 2.39 bits per heavy atom. The predicted octanol–water partition coefficient (Wildman–Crippen LogP) is 4.40. The molecule has 3 rings (SSSR count). The van der Waals surface area contributed by atoms with Crippen LogP contribution in [0.5, 0.6) is 5.75 Å². The molecule has 0 aliphatic carbocycles. The number of anilines is 2. The number of hydrogen-bond donors (Lipinski definition) is 1. The summed E-state index contributed by atoms with van der Waals surface area (Å²) in [5.41, 5.74) is 2.16. The molecular weight excluding hydrogens is 530 g/mol. The molecule has 0 aromatic heterocycles. The number of halogens is 2. The SMILES string of the molecule is CCN1CCN(c2ccc(C(=O)OC)cc2NC(=O)c2cc(Br)cc(Br)c2OC)CC1. The molecule has 1 amide bonds. The lowest BCUT2D eigenvalue weighted by Crippen LogP contribution is -2.46. The molecule has 2 aromatic carbocycles. The Balaban J connectivity index is 1.96. The van der Waals surface area contributed by atoms with Gasteiger partial charge in [-0.05, 0) is 52.8 Å². The van der Waals surface area contributed by atoms with Crippen molar-refractivity contribution < 1.29 is 19.1 Å². The molecule has 2 aromatic rings. The van der Waals surface area contributed by atoms with Gasteiger partial charge >= 0.3 is 5.97 Å². The Kier molecular flexibility index (Phi) is 7.96. The summed E-state index contributed by atoms with van der Waals surface area (Å²) in [5.74, 6) is -0.363. The van der Waals surface area contributed by atoms with Gasteiger partial charge in [-0.3, -0.25) is 4.79 Å². The molecule has 1 aliphatic rings. The van der Waals surface area contributed by atoms with Crippen LogP contribution in [0.1, 0.15) is 27.6 Å². The number of benzene rings is 2. The summed E-state index contributed by atoms with van der Waals surface area (Å²) in [7, 11) is 2.85. The second-order valence-electron chi connectivity index (χ2n) is 7.07. The number of nitrogens with zero attached hydrogens (tertiary/aromatic N) is 2. The first kappa shape index (κ1) is 23.6. The number of piperazine rings is 1. The van der Waals surface area contributed by atoms with Gasteiger partial charge < -0.3 is 24.6 Å². The van der Waals surface area contributed by atoms with Crippen LogP contribution in [0.4, 0.5) is 11.4 Å². The molecule has 0 unspecified atom stereocenters. The van der Waals surface area contributed by atoms with Crippen LogP contribution in [0.25, 0.3) is 0 Å². The highest BCUT2D eigenvalue weighted by molar-refractivity contribution is 9.11. The summed E-state index contributed by atoms with van der Waals surface area (Å²) in [5, 5.41) is 2.97. The zero-order valence-electron chi connectivity index (χ0n) is 17.7. The van der Waals surface area contributed by atoms with Crippen molar-refractivity contribution in [1.29, 1.82) is 0 Å². The van der Waals surface area contributed by atoms with Crippen molar-refractivity contribution in [2.75, 3.05) is 57.2 Å². The van der Waals surface area contributed by atoms with Crippen molar-refractivity contribution in [2.45, 2.75) is 6.92 Å². The van der Waals surface area contributed by atoms with Gasteiger partial charge in [-0.2, -0.15) is 0 Å². The summed E-state index contributed by atoms with van der Waals surface area (Å²) in [6.07, 6.45) is 0. The third-order valence-electron chi connectivity index (χ3n) is 5.28. The van der Waals surface area contributed by atoms with Gasteiger partial charge in [0, 0.05) is 30.7 Å². The lowest BCUT2D eigenvalue weighted by molar-refractivity contribution is 0.0600. The van der Waals surface area contributed by atoms with Crippen molar-refractivity contribution in [1.82, 2.24) is 4.90 Å². The number of esters is 1. The van der Waals surface area contributed by atoms with Gasteiger partial charge in [0.2, 0.25) is 0 Å². The normalized spacial score (nSPS) is 14.3. The summed E-state index contributed by atoms with van der Waals surface area (Å²) in [4.78, 5) is 29.9. The Labute approximate surface area is 198 Å². The van der Waals surface area contributed by atoms with E-state index in [9.17, 15) is 9.59 Å². The van der Waals surface area contributed by atoms with Crippen LogP contribution in [0.2, 0.25) is 0 Å². The number of likely N-dealkylation sites (N-methyl/N-ethyl adjacent to an activating group) is 1. The minimum absolute atomic E-state index is 0.339. The molecule has 0 saturated carbocycles. The van der Waals surface area contributed by atoms with Crippen LogP contribution in [-0.4, -0.2) is 63.7 Å². The quantitative estimate of drug-likeness (QED) is 0.534. The van der Waals surface area contributed by atoms with E-state index in [-0.39, 0.29) is 5.91 Å². The fraction of sp³-hybridized carbons (Fsp3) is 0.364. The molecule has 0 bridgehead atoms. The van der Waals surface area contributed by atoms with E-state index in [1.807, 2.05) is 12.1 Å². The molecular formula is C22H25Br2N3O4. The minimum atomic E-state index is -0.458. The Morgan fingerprint density at radius 2 is 1.77 bits per heavy atom. The first-order valence-electron chi connectivity index (χ1n) is 9.92. The van der Waals surface area contributed by atoms with Crippen molar-refractivity contribution in [3.63, 3.8) is 0 Å². The minimum Gasteiger partial charge on any atom is -0.495 e. The monoisotopic (exact) mass is 553 g/mol. The highest BCUT2D eigenvalue weighted by Crippen LogP contribution is 2.34. The summed E-state index contributed by atoms with van der Waals surface area (Å²) >= 11 is 6.85. The smallest absolute Gasteiger partial charge is 0.337 e. The lowest BCUT2D eigenvalue weighted by atomic mass is 10.1. The van der Waals surface area contributed by atoms with E-state index in [0.29, 0.717) is 27.0 Å².